The summed E-state index contributed by atoms with van der Waals surface area (Å²) in [4.78, 5) is 11.1. The van der Waals surface area contributed by atoms with Crippen molar-refractivity contribution in [3.8, 4) is 0 Å². The largest absolute Gasteiger partial charge is 0.481 e. The fraction of sp³-hybridized carbons (Fsp3) is 0.333. The van der Waals surface area contributed by atoms with Crippen LogP contribution >= 0.6 is 12.2 Å². The number of carboxylic acids is 1. The zero-order valence-corrected chi connectivity index (χ0v) is 7.43. The van der Waals surface area contributed by atoms with Crippen LogP contribution in [0.4, 0.5) is 0 Å². The van der Waals surface area contributed by atoms with Crippen molar-refractivity contribution in [1.82, 2.24) is 0 Å². The summed E-state index contributed by atoms with van der Waals surface area (Å²) in [5.74, 6) is -0.763. The van der Waals surface area contributed by atoms with Crippen LogP contribution in [-0.4, -0.2) is 15.9 Å². The first-order valence-corrected chi connectivity index (χ1v) is 4.21. The lowest BCUT2D eigenvalue weighted by Gasteiger charge is -2.05. The number of carboxylic acid groups (broad SMARTS) is 1. The zero-order chi connectivity index (χ0) is 8.97. The minimum absolute atomic E-state index is 0.179. The Morgan fingerprint density at radius 2 is 2.42 bits per heavy atom. The smallest absolute Gasteiger partial charge is 0.303 e. The molecule has 1 aliphatic carbocycles. The molecule has 1 rings (SSSR count). The second-order valence-corrected chi connectivity index (χ2v) is 3.21. The molecule has 1 N–H and O–H groups in total. The zero-order valence-electron chi connectivity index (χ0n) is 6.62. The summed E-state index contributed by atoms with van der Waals surface area (Å²) >= 11 is 4.99. The van der Waals surface area contributed by atoms with Gasteiger partial charge in [-0.2, -0.15) is 0 Å². The van der Waals surface area contributed by atoms with Gasteiger partial charge in [-0.05, 0) is 18.1 Å². The number of rotatable bonds is 3. The third-order valence-corrected chi connectivity index (χ3v) is 1.91. The summed E-state index contributed by atoms with van der Waals surface area (Å²) in [6, 6.07) is 0. The first kappa shape index (κ1) is 9.13. The Morgan fingerprint density at radius 1 is 1.67 bits per heavy atom. The minimum atomic E-state index is -0.763. The third kappa shape index (κ3) is 2.96. The fourth-order valence-electron chi connectivity index (χ4n) is 1.05. The van der Waals surface area contributed by atoms with Gasteiger partial charge in [-0.25, -0.2) is 0 Å². The van der Waals surface area contributed by atoms with E-state index >= 15 is 0 Å². The molecule has 0 aromatic carbocycles. The maximum Gasteiger partial charge on any atom is 0.303 e. The predicted octanol–water partition coefficient (Wildman–Crippen LogP) is 2.11. The molecule has 0 amide bonds. The van der Waals surface area contributed by atoms with Crippen molar-refractivity contribution in [2.75, 3.05) is 0 Å². The number of hydrogen-bond acceptors (Lipinski definition) is 2. The van der Waals surface area contributed by atoms with Gasteiger partial charge >= 0.3 is 5.97 Å². The van der Waals surface area contributed by atoms with Crippen LogP contribution in [-0.2, 0) is 4.79 Å². The number of carbonyl (C=O) groups is 1. The highest BCUT2D eigenvalue weighted by atomic mass is 32.1. The molecule has 2 nitrogen and oxygen atoms in total. The molecule has 64 valence electrons. The lowest BCUT2D eigenvalue weighted by Crippen LogP contribution is -1.99. The molecular formula is C9H10O2S. The molecule has 12 heavy (non-hydrogen) atoms. The first-order valence-electron chi connectivity index (χ1n) is 3.80. The lowest BCUT2D eigenvalue weighted by molar-refractivity contribution is -0.136. The molecule has 1 aliphatic rings. The summed E-state index contributed by atoms with van der Waals surface area (Å²) in [5.41, 5.74) is 1.02. The molecule has 0 radical (unpaired) electrons. The molecular weight excluding hydrogens is 172 g/mol. The highest BCUT2D eigenvalue weighted by Gasteiger charge is 2.03. The Balaban J connectivity index is 2.46. The van der Waals surface area contributed by atoms with Crippen LogP contribution in [0.5, 0.6) is 0 Å². The van der Waals surface area contributed by atoms with Gasteiger partial charge in [0.15, 0.2) is 0 Å². The predicted molar refractivity (Wildman–Crippen MR) is 51.3 cm³/mol. The number of hydrogen-bond donors (Lipinski definition) is 1. The summed E-state index contributed by atoms with van der Waals surface area (Å²) in [7, 11) is 0. The van der Waals surface area contributed by atoms with Crippen molar-refractivity contribution in [2.24, 2.45) is 0 Å². The standard InChI is InChI=1S/C9H10O2S/c10-9(11)5-4-7-2-1-3-8(12)6-7/h1-2,6H,3-5H2,(H,10,11). The molecule has 0 aromatic heterocycles. The molecule has 0 spiro atoms. The van der Waals surface area contributed by atoms with Crippen LogP contribution in [0.3, 0.4) is 0 Å². The SMILES string of the molecule is O=C(O)CCC1=CC(=S)CC=C1. The van der Waals surface area contributed by atoms with Gasteiger partial charge in [0.25, 0.3) is 0 Å². The van der Waals surface area contributed by atoms with Crippen LogP contribution in [0.2, 0.25) is 0 Å². The van der Waals surface area contributed by atoms with Gasteiger partial charge in [0, 0.05) is 17.7 Å². The summed E-state index contributed by atoms with van der Waals surface area (Å²) < 4.78 is 0. The normalized spacial score (nSPS) is 16.0. The van der Waals surface area contributed by atoms with Crippen LogP contribution in [0.15, 0.2) is 23.8 Å². The molecule has 0 fully saturated rings. The van der Waals surface area contributed by atoms with E-state index in [4.69, 9.17) is 17.3 Å². The average Bonchev–Trinajstić information content (AvgIpc) is 2.01. The highest BCUT2D eigenvalue weighted by molar-refractivity contribution is 7.80. The molecule has 0 aromatic rings. The van der Waals surface area contributed by atoms with E-state index in [0.29, 0.717) is 6.42 Å². The van der Waals surface area contributed by atoms with Crippen molar-refractivity contribution in [2.45, 2.75) is 19.3 Å². The van der Waals surface area contributed by atoms with Crippen molar-refractivity contribution < 1.29 is 9.90 Å². The van der Waals surface area contributed by atoms with Crippen molar-refractivity contribution in [3.05, 3.63) is 23.8 Å². The van der Waals surface area contributed by atoms with Gasteiger partial charge < -0.3 is 5.11 Å². The Hall–Kier alpha value is -0.960. The Labute approximate surface area is 76.6 Å². The van der Waals surface area contributed by atoms with E-state index in [0.717, 1.165) is 16.9 Å². The van der Waals surface area contributed by atoms with E-state index in [-0.39, 0.29) is 6.42 Å². The molecule has 3 heteroatoms. The minimum Gasteiger partial charge on any atom is -0.481 e. The maximum absolute atomic E-state index is 10.2. The number of thiocarbonyl (C=S) groups is 1. The maximum atomic E-state index is 10.2. The topological polar surface area (TPSA) is 37.3 Å². The van der Waals surface area contributed by atoms with Gasteiger partial charge in [-0.1, -0.05) is 24.4 Å². The Kier molecular flexibility index (Phi) is 3.17. The second-order valence-electron chi connectivity index (χ2n) is 2.69. The van der Waals surface area contributed by atoms with E-state index in [1.165, 1.54) is 0 Å². The van der Waals surface area contributed by atoms with Crippen LogP contribution in [0.1, 0.15) is 19.3 Å². The molecule has 0 saturated carbocycles. The molecule has 0 heterocycles. The molecule has 0 unspecified atom stereocenters. The molecule has 0 saturated heterocycles. The Morgan fingerprint density at radius 3 is 3.00 bits per heavy atom. The van der Waals surface area contributed by atoms with Gasteiger partial charge in [-0.15, -0.1) is 0 Å². The monoisotopic (exact) mass is 182 g/mol. The van der Waals surface area contributed by atoms with Crippen LogP contribution in [0.25, 0.3) is 0 Å². The van der Waals surface area contributed by atoms with E-state index in [9.17, 15) is 4.79 Å². The summed E-state index contributed by atoms with van der Waals surface area (Å²) in [6.07, 6.45) is 7.37. The molecule has 0 atom stereocenters. The quantitative estimate of drug-likeness (QED) is 0.679. The average molecular weight is 182 g/mol. The molecule has 0 bridgehead atoms. The van der Waals surface area contributed by atoms with Gasteiger partial charge in [0.05, 0.1) is 0 Å². The van der Waals surface area contributed by atoms with Crippen molar-refractivity contribution in [1.29, 1.82) is 0 Å². The molecule has 0 aliphatic heterocycles. The second kappa shape index (κ2) is 4.16. The van der Waals surface area contributed by atoms with Crippen molar-refractivity contribution >= 4 is 23.1 Å². The van der Waals surface area contributed by atoms with Crippen molar-refractivity contribution in [3.63, 3.8) is 0 Å². The van der Waals surface area contributed by atoms with Gasteiger partial charge in [0.2, 0.25) is 0 Å². The summed E-state index contributed by atoms with van der Waals surface area (Å²) in [5, 5.41) is 8.43. The van der Waals surface area contributed by atoms with Gasteiger partial charge in [0.1, 0.15) is 0 Å². The number of allylic oxidation sites excluding steroid dienone is 4. The van der Waals surface area contributed by atoms with E-state index in [2.05, 4.69) is 0 Å². The Bertz CT molecular complexity index is 264. The lowest BCUT2D eigenvalue weighted by atomic mass is 10.0. The summed E-state index contributed by atoms with van der Waals surface area (Å²) in [6.45, 7) is 0. The third-order valence-electron chi connectivity index (χ3n) is 1.62. The van der Waals surface area contributed by atoms with Gasteiger partial charge in [-0.3, -0.25) is 4.79 Å². The fourth-order valence-corrected chi connectivity index (χ4v) is 1.29. The first-order chi connectivity index (χ1) is 5.68. The highest BCUT2D eigenvalue weighted by Crippen LogP contribution is 2.13. The number of aliphatic carboxylic acids is 1. The van der Waals surface area contributed by atoms with E-state index in [1.807, 2.05) is 18.2 Å². The van der Waals surface area contributed by atoms with Crippen LogP contribution in [0, 0.1) is 0 Å². The van der Waals surface area contributed by atoms with Crippen LogP contribution < -0.4 is 0 Å². The van der Waals surface area contributed by atoms with E-state index in [1.54, 1.807) is 0 Å². The van der Waals surface area contributed by atoms with E-state index < -0.39 is 5.97 Å².